The Balaban J connectivity index is 1.86. The lowest BCUT2D eigenvalue weighted by Gasteiger charge is -2.33. The number of nitrogens with one attached hydrogen (secondary N) is 1. The fraction of sp³-hybridized carbons (Fsp3) is 0.176. The van der Waals surface area contributed by atoms with Crippen LogP contribution in [-0.2, 0) is 16.0 Å². The predicted molar refractivity (Wildman–Crippen MR) is 90.7 cm³/mol. The minimum atomic E-state index is -1.42. The van der Waals surface area contributed by atoms with Crippen LogP contribution in [0.5, 0.6) is 0 Å². The van der Waals surface area contributed by atoms with E-state index in [0.29, 0.717) is 11.1 Å². The Morgan fingerprint density at radius 2 is 2.04 bits per heavy atom. The van der Waals surface area contributed by atoms with Gasteiger partial charge in [-0.1, -0.05) is 29.8 Å². The Kier molecular flexibility index (Phi) is 4.18. The summed E-state index contributed by atoms with van der Waals surface area (Å²) in [6.07, 6.45) is 0.205. The number of fused-ring (bicyclic) bond motifs is 1. The van der Waals surface area contributed by atoms with Crippen molar-refractivity contribution in [3.05, 3.63) is 68.7 Å². The van der Waals surface area contributed by atoms with E-state index in [2.05, 4.69) is 5.32 Å². The van der Waals surface area contributed by atoms with Crippen LogP contribution in [0.4, 0.5) is 11.4 Å². The molecule has 8 heteroatoms. The van der Waals surface area contributed by atoms with Crippen molar-refractivity contribution in [2.75, 3.05) is 5.32 Å². The third-order valence-electron chi connectivity index (χ3n) is 3.96. The monoisotopic (exact) mass is 360 g/mol. The Hall–Kier alpha value is -2.93. The summed E-state index contributed by atoms with van der Waals surface area (Å²) in [5, 5.41) is 13.5. The molecule has 1 heterocycles. The molecule has 0 saturated carbocycles. The van der Waals surface area contributed by atoms with E-state index in [1.165, 1.54) is 19.1 Å². The number of benzene rings is 2. The summed E-state index contributed by atoms with van der Waals surface area (Å²) in [4.78, 5) is 35.1. The second-order valence-corrected chi connectivity index (χ2v) is 6.24. The van der Waals surface area contributed by atoms with Gasteiger partial charge in [0.05, 0.1) is 10.5 Å². The molecule has 1 aliphatic rings. The van der Waals surface area contributed by atoms with E-state index in [1.54, 1.807) is 24.3 Å². The zero-order valence-electron chi connectivity index (χ0n) is 13.1. The zero-order valence-corrected chi connectivity index (χ0v) is 13.9. The molecule has 2 aromatic rings. The van der Waals surface area contributed by atoms with Crippen LogP contribution in [0.15, 0.2) is 42.5 Å². The molecular formula is C17H13ClN2O5. The van der Waals surface area contributed by atoms with Crippen LogP contribution in [0, 0.1) is 10.1 Å². The maximum Gasteiger partial charge on any atom is 0.339 e. The Morgan fingerprint density at radius 3 is 2.76 bits per heavy atom. The van der Waals surface area contributed by atoms with Crippen molar-refractivity contribution in [2.24, 2.45) is 0 Å². The first kappa shape index (κ1) is 16.9. The third-order valence-corrected chi connectivity index (χ3v) is 4.28. The molecular weight excluding hydrogens is 348 g/mol. The topological polar surface area (TPSA) is 98.5 Å². The number of rotatable bonds is 3. The van der Waals surface area contributed by atoms with Gasteiger partial charge in [0.2, 0.25) is 0 Å². The summed E-state index contributed by atoms with van der Waals surface area (Å²) >= 11 is 5.76. The van der Waals surface area contributed by atoms with Gasteiger partial charge in [-0.25, -0.2) is 4.79 Å². The molecule has 3 rings (SSSR count). The van der Waals surface area contributed by atoms with Gasteiger partial charge in [-0.3, -0.25) is 14.9 Å². The van der Waals surface area contributed by atoms with Crippen LogP contribution in [0.25, 0.3) is 0 Å². The van der Waals surface area contributed by atoms with Crippen LogP contribution < -0.4 is 5.32 Å². The van der Waals surface area contributed by atoms with Gasteiger partial charge in [0.15, 0.2) is 5.60 Å². The highest BCUT2D eigenvalue weighted by Gasteiger charge is 2.42. The second-order valence-electron chi connectivity index (χ2n) is 5.83. The molecule has 1 amide bonds. The standard InChI is InChI=1S/C17H13ClN2O5/c1-17(9-10-4-2-3-5-12(10)15(21)25-17)16(22)19-11-6-7-13(18)14(8-11)20(23)24/h2-8H,9H2,1H3,(H,19,22). The van der Waals surface area contributed by atoms with Crippen molar-refractivity contribution < 1.29 is 19.2 Å². The molecule has 1 aliphatic heterocycles. The third kappa shape index (κ3) is 3.18. The number of ether oxygens (including phenoxy) is 1. The first-order valence-electron chi connectivity index (χ1n) is 7.37. The number of nitrogens with zero attached hydrogens (tertiary/aromatic N) is 1. The summed E-state index contributed by atoms with van der Waals surface area (Å²) in [6, 6.07) is 10.8. The van der Waals surface area contributed by atoms with Gasteiger partial charge < -0.3 is 10.1 Å². The minimum absolute atomic E-state index is 0.0350. The molecule has 1 unspecified atom stereocenters. The van der Waals surface area contributed by atoms with E-state index < -0.39 is 22.4 Å². The van der Waals surface area contributed by atoms with Crippen LogP contribution in [0.3, 0.4) is 0 Å². The lowest BCUT2D eigenvalue weighted by Crippen LogP contribution is -2.48. The molecule has 7 nitrogen and oxygen atoms in total. The number of hydrogen-bond donors (Lipinski definition) is 1. The van der Waals surface area contributed by atoms with E-state index in [0.717, 1.165) is 6.07 Å². The first-order chi connectivity index (χ1) is 11.8. The number of esters is 1. The smallest absolute Gasteiger partial charge is 0.339 e. The number of anilines is 1. The summed E-state index contributed by atoms with van der Waals surface area (Å²) in [5.74, 6) is -1.16. The van der Waals surface area contributed by atoms with Gasteiger partial charge >= 0.3 is 5.97 Å². The van der Waals surface area contributed by atoms with E-state index >= 15 is 0 Å². The molecule has 0 bridgehead atoms. The van der Waals surface area contributed by atoms with Crippen molar-refractivity contribution in [3.8, 4) is 0 Å². The van der Waals surface area contributed by atoms with E-state index in [1.807, 2.05) is 0 Å². The number of amides is 1. The predicted octanol–water partition coefficient (Wildman–Crippen LogP) is 3.36. The van der Waals surface area contributed by atoms with Gasteiger partial charge in [0, 0.05) is 18.2 Å². The normalized spacial score (nSPS) is 18.9. The molecule has 0 fully saturated rings. The molecule has 2 aromatic carbocycles. The van der Waals surface area contributed by atoms with Crippen LogP contribution in [0.1, 0.15) is 22.8 Å². The zero-order chi connectivity index (χ0) is 18.2. The molecule has 128 valence electrons. The van der Waals surface area contributed by atoms with Crippen molar-refractivity contribution >= 4 is 34.9 Å². The second kappa shape index (κ2) is 6.18. The Morgan fingerprint density at radius 1 is 1.32 bits per heavy atom. The van der Waals surface area contributed by atoms with Crippen LogP contribution in [0.2, 0.25) is 5.02 Å². The van der Waals surface area contributed by atoms with Crippen LogP contribution in [-0.4, -0.2) is 22.4 Å². The van der Waals surface area contributed by atoms with E-state index in [9.17, 15) is 19.7 Å². The number of carbonyl (C=O) groups is 2. The molecule has 0 spiro atoms. The minimum Gasteiger partial charge on any atom is -0.445 e. The lowest BCUT2D eigenvalue weighted by atomic mass is 9.89. The highest BCUT2D eigenvalue weighted by atomic mass is 35.5. The number of nitro benzene ring substituents is 1. The lowest BCUT2D eigenvalue weighted by molar-refractivity contribution is -0.384. The number of cyclic esters (lactones) is 1. The van der Waals surface area contributed by atoms with Crippen molar-refractivity contribution in [1.29, 1.82) is 0 Å². The Labute approximate surface area is 147 Å². The summed E-state index contributed by atoms with van der Waals surface area (Å²) in [5.41, 5.74) is -0.416. The summed E-state index contributed by atoms with van der Waals surface area (Å²) in [6.45, 7) is 1.50. The molecule has 1 atom stereocenters. The van der Waals surface area contributed by atoms with Crippen molar-refractivity contribution in [1.82, 2.24) is 0 Å². The summed E-state index contributed by atoms with van der Waals surface area (Å²) in [7, 11) is 0. The van der Waals surface area contributed by atoms with Gasteiger partial charge in [-0.05, 0) is 30.7 Å². The van der Waals surface area contributed by atoms with E-state index in [4.69, 9.17) is 16.3 Å². The van der Waals surface area contributed by atoms with Gasteiger partial charge in [0.25, 0.3) is 11.6 Å². The van der Waals surface area contributed by atoms with E-state index in [-0.39, 0.29) is 22.8 Å². The maximum absolute atomic E-state index is 12.6. The molecule has 0 aliphatic carbocycles. The first-order valence-corrected chi connectivity index (χ1v) is 7.74. The van der Waals surface area contributed by atoms with Gasteiger partial charge in [-0.2, -0.15) is 0 Å². The number of carbonyl (C=O) groups excluding carboxylic acids is 2. The molecule has 0 aromatic heterocycles. The van der Waals surface area contributed by atoms with Gasteiger partial charge in [-0.15, -0.1) is 0 Å². The van der Waals surface area contributed by atoms with Crippen molar-refractivity contribution in [3.63, 3.8) is 0 Å². The number of hydrogen-bond acceptors (Lipinski definition) is 5. The fourth-order valence-electron chi connectivity index (χ4n) is 2.65. The molecule has 0 saturated heterocycles. The SMILES string of the molecule is CC1(C(=O)Nc2ccc(Cl)c([N+](=O)[O-])c2)Cc2ccccc2C(=O)O1. The Bertz CT molecular complexity index is 898. The van der Waals surface area contributed by atoms with Crippen molar-refractivity contribution in [2.45, 2.75) is 18.9 Å². The fourth-order valence-corrected chi connectivity index (χ4v) is 2.84. The molecule has 25 heavy (non-hydrogen) atoms. The average Bonchev–Trinajstić information content (AvgIpc) is 2.56. The van der Waals surface area contributed by atoms with Gasteiger partial charge in [0.1, 0.15) is 5.02 Å². The quantitative estimate of drug-likeness (QED) is 0.514. The average molecular weight is 361 g/mol. The molecule has 0 radical (unpaired) electrons. The highest BCUT2D eigenvalue weighted by Crippen LogP contribution is 2.31. The highest BCUT2D eigenvalue weighted by molar-refractivity contribution is 6.32. The maximum atomic E-state index is 12.6. The number of halogens is 1. The van der Waals surface area contributed by atoms with Crippen LogP contribution >= 0.6 is 11.6 Å². The molecule has 1 N–H and O–H groups in total. The number of nitro groups is 1. The summed E-state index contributed by atoms with van der Waals surface area (Å²) < 4.78 is 5.32. The largest absolute Gasteiger partial charge is 0.445 e.